The SMILES string of the molecule is CCC1CCN(C(C)CC(=O)O)CC1. The summed E-state index contributed by atoms with van der Waals surface area (Å²) in [5, 5.41) is 8.69. The highest BCUT2D eigenvalue weighted by molar-refractivity contribution is 5.67. The van der Waals surface area contributed by atoms with E-state index < -0.39 is 5.97 Å². The van der Waals surface area contributed by atoms with Crippen molar-refractivity contribution in [1.29, 1.82) is 0 Å². The summed E-state index contributed by atoms with van der Waals surface area (Å²) in [5.41, 5.74) is 0. The van der Waals surface area contributed by atoms with E-state index in [-0.39, 0.29) is 12.5 Å². The van der Waals surface area contributed by atoms with E-state index in [1.54, 1.807) is 0 Å². The van der Waals surface area contributed by atoms with E-state index in [0.717, 1.165) is 19.0 Å². The summed E-state index contributed by atoms with van der Waals surface area (Å²) in [6, 6.07) is 0.199. The fourth-order valence-electron chi connectivity index (χ4n) is 2.18. The molecule has 1 fully saturated rings. The normalized spacial score (nSPS) is 22.1. The van der Waals surface area contributed by atoms with Crippen molar-refractivity contribution in [2.75, 3.05) is 13.1 Å². The molecule has 0 bridgehead atoms. The predicted molar refractivity (Wildman–Crippen MR) is 56.3 cm³/mol. The maximum Gasteiger partial charge on any atom is 0.304 e. The highest BCUT2D eigenvalue weighted by atomic mass is 16.4. The first kappa shape index (κ1) is 11.5. The van der Waals surface area contributed by atoms with Crippen LogP contribution >= 0.6 is 0 Å². The summed E-state index contributed by atoms with van der Waals surface area (Å²) in [4.78, 5) is 12.9. The van der Waals surface area contributed by atoms with Crippen molar-refractivity contribution in [2.45, 2.75) is 45.6 Å². The van der Waals surface area contributed by atoms with Gasteiger partial charge in [0.05, 0.1) is 6.42 Å². The van der Waals surface area contributed by atoms with E-state index in [0.29, 0.717) is 0 Å². The van der Waals surface area contributed by atoms with Crippen LogP contribution in [0.3, 0.4) is 0 Å². The van der Waals surface area contributed by atoms with E-state index in [2.05, 4.69) is 11.8 Å². The Morgan fingerprint density at radius 1 is 1.50 bits per heavy atom. The highest BCUT2D eigenvalue weighted by Gasteiger charge is 2.22. The van der Waals surface area contributed by atoms with Crippen molar-refractivity contribution in [3.8, 4) is 0 Å². The molecule has 0 aromatic rings. The summed E-state index contributed by atoms with van der Waals surface area (Å²) in [6.07, 6.45) is 4.01. The Morgan fingerprint density at radius 3 is 2.50 bits per heavy atom. The van der Waals surface area contributed by atoms with Gasteiger partial charge in [-0.15, -0.1) is 0 Å². The number of carboxylic acid groups (broad SMARTS) is 1. The van der Waals surface area contributed by atoms with Gasteiger partial charge in [-0.05, 0) is 38.8 Å². The fourth-order valence-corrected chi connectivity index (χ4v) is 2.18. The standard InChI is InChI=1S/C11H21NO2/c1-3-10-4-6-12(7-5-10)9(2)8-11(13)14/h9-10H,3-8H2,1-2H3,(H,13,14). The van der Waals surface area contributed by atoms with Crippen LogP contribution in [0.1, 0.15) is 39.5 Å². The third-order valence-electron chi connectivity index (χ3n) is 3.32. The first-order chi connectivity index (χ1) is 6.63. The number of piperidine rings is 1. The molecule has 1 unspecified atom stereocenters. The number of likely N-dealkylation sites (tertiary alicyclic amines) is 1. The highest BCUT2D eigenvalue weighted by Crippen LogP contribution is 2.21. The van der Waals surface area contributed by atoms with Crippen LogP contribution < -0.4 is 0 Å². The van der Waals surface area contributed by atoms with E-state index in [9.17, 15) is 4.79 Å². The third kappa shape index (κ3) is 3.29. The first-order valence-corrected chi connectivity index (χ1v) is 5.59. The summed E-state index contributed by atoms with van der Waals surface area (Å²) in [6.45, 7) is 6.40. The molecule has 3 nitrogen and oxygen atoms in total. The van der Waals surface area contributed by atoms with Crippen LogP contribution in [-0.4, -0.2) is 35.1 Å². The summed E-state index contributed by atoms with van der Waals surface area (Å²) in [7, 11) is 0. The van der Waals surface area contributed by atoms with Gasteiger partial charge in [0, 0.05) is 6.04 Å². The number of rotatable bonds is 4. The number of hydrogen-bond donors (Lipinski definition) is 1. The molecular formula is C11H21NO2. The molecule has 14 heavy (non-hydrogen) atoms. The lowest BCUT2D eigenvalue weighted by atomic mass is 9.93. The summed E-state index contributed by atoms with van der Waals surface area (Å²) in [5.74, 6) is 0.179. The van der Waals surface area contributed by atoms with Crippen LogP contribution in [0.4, 0.5) is 0 Å². The second kappa shape index (κ2) is 5.35. The Kier molecular flexibility index (Phi) is 4.39. The number of hydrogen-bond acceptors (Lipinski definition) is 2. The molecule has 1 aliphatic rings. The molecule has 0 aliphatic carbocycles. The maximum absolute atomic E-state index is 10.5. The number of aliphatic carboxylic acids is 1. The third-order valence-corrected chi connectivity index (χ3v) is 3.32. The van der Waals surface area contributed by atoms with Gasteiger partial charge in [-0.2, -0.15) is 0 Å². The van der Waals surface area contributed by atoms with Gasteiger partial charge in [0.15, 0.2) is 0 Å². The van der Waals surface area contributed by atoms with Crippen molar-refractivity contribution in [3.05, 3.63) is 0 Å². The molecule has 0 spiro atoms. The lowest BCUT2D eigenvalue weighted by molar-refractivity contribution is -0.138. The molecule has 3 heteroatoms. The zero-order valence-electron chi connectivity index (χ0n) is 9.20. The van der Waals surface area contributed by atoms with Crippen molar-refractivity contribution >= 4 is 5.97 Å². The van der Waals surface area contributed by atoms with Crippen molar-refractivity contribution < 1.29 is 9.90 Å². The lowest BCUT2D eigenvalue weighted by Gasteiger charge is -2.35. The van der Waals surface area contributed by atoms with E-state index >= 15 is 0 Å². The minimum absolute atomic E-state index is 0.199. The van der Waals surface area contributed by atoms with Crippen LogP contribution in [0.2, 0.25) is 0 Å². The Bertz CT molecular complexity index is 186. The maximum atomic E-state index is 10.5. The summed E-state index contributed by atoms with van der Waals surface area (Å²) >= 11 is 0. The van der Waals surface area contributed by atoms with Crippen LogP contribution in [0.5, 0.6) is 0 Å². The molecule has 1 rings (SSSR count). The molecule has 0 saturated carbocycles. The number of nitrogens with zero attached hydrogens (tertiary/aromatic N) is 1. The lowest BCUT2D eigenvalue weighted by Crippen LogP contribution is -2.40. The minimum Gasteiger partial charge on any atom is -0.481 e. The van der Waals surface area contributed by atoms with Crippen molar-refractivity contribution in [3.63, 3.8) is 0 Å². The zero-order valence-corrected chi connectivity index (χ0v) is 9.20. The Labute approximate surface area is 86.1 Å². The predicted octanol–water partition coefficient (Wildman–Crippen LogP) is 1.97. The van der Waals surface area contributed by atoms with E-state index in [4.69, 9.17) is 5.11 Å². The number of carbonyl (C=O) groups is 1. The largest absolute Gasteiger partial charge is 0.481 e. The van der Waals surface area contributed by atoms with Crippen molar-refractivity contribution in [1.82, 2.24) is 4.90 Å². The van der Waals surface area contributed by atoms with Gasteiger partial charge >= 0.3 is 5.97 Å². The molecule has 0 aromatic carbocycles. The monoisotopic (exact) mass is 199 g/mol. The molecule has 1 saturated heterocycles. The molecular weight excluding hydrogens is 178 g/mol. The molecule has 1 heterocycles. The zero-order chi connectivity index (χ0) is 10.6. The van der Waals surface area contributed by atoms with Crippen LogP contribution in [-0.2, 0) is 4.79 Å². The average molecular weight is 199 g/mol. The quantitative estimate of drug-likeness (QED) is 0.752. The van der Waals surface area contributed by atoms with E-state index in [1.165, 1.54) is 19.3 Å². The van der Waals surface area contributed by atoms with Crippen LogP contribution in [0.15, 0.2) is 0 Å². The second-order valence-electron chi connectivity index (χ2n) is 4.33. The van der Waals surface area contributed by atoms with Gasteiger partial charge in [-0.3, -0.25) is 4.79 Å². The Morgan fingerprint density at radius 2 is 2.07 bits per heavy atom. The molecule has 82 valence electrons. The van der Waals surface area contributed by atoms with Gasteiger partial charge in [-0.1, -0.05) is 13.3 Å². The second-order valence-corrected chi connectivity index (χ2v) is 4.33. The number of carboxylic acids is 1. The first-order valence-electron chi connectivity index (χ1n) is 5.59. The van der Waals surface area contributed by atoms with Gasteiger partial charge in [0.2, 0.25) is 0 Å². The summed E-state index contributed by atoms with van der Waals surface area (Å²) < 4.78 is 0. The van der Waals surface area contributed by atoms with Gasteiger partial charge in [0.1, 0.15) is 0 Å². The molecule has 0 amide bonds. The smallest absolute Gasteiger partial charge is 0.304 e. The average Bonchev–Trinajstić information content (AvgIpc) is 2.17. The topological polar surface area (TPSA) is 40.5 Å². The molecule has 0 aromatic heterocycles. The van der Waals surface area contributed by atoms with Gasteiger partial charge < -0.3 is 10.0 Å². The molecule has 1 atom stereocenters. The molecule has 0 radical (unpaired) electrons. The van der Waals surface area contributed by atoms with Crippen LogP contribution in [0.25, 0.3) is 0 Å². The van der Waals surface area contributed by atoms with Crippen LogP contribution in [0, 0.1) is 5.92 Å². The molecule has 1 aliphatic heterocycles. The molecule has 1 N–H and O–H groups in total. The van der Waals surface area contributed by atoms with Gasteiger partial charge in [-0.25, -0.2) is 0 Å². The Hall–Kier alpha value is -0.570. The van der Waals surface area contributed by atoms with Crippen molar-refractivity contribution in [2.24, 2.45) is 5.92 Å². The Balaban J connectivity index is 2.30. The van der Waals surface area contributed by atoms with E-state index in [1.807, 2.05) is 6.92 Å². The fraction of sp³-hybridized carbons (Fsp3) is 0.909. The minimum atomic E-state index is -0.685. The van der Waals surface area contributed by atoms with Gasteiger partial charge in [0.25, 0.3) is 0 Å².